The average molecular weight is 1400 g/mol. The minimum absolute atomic E-state index is 0. The van der Waals surface area contributed by atoms with E-state index in [2.05, 4.69) is 90.7 Å². The Labute approximate surface area is 555 Å². The van der Waals surface area contributed by atoms with E-state index in [-0.39, 0.29) is 30.4 Å². The summed E-state index contributed by atoms with van der Waals surface area (Å²) < 4.78 is 153. The molecule has 0 aliphatic heterocycles. The Hall–Kier alpha value is -12.2. The van der Waals surface area contributed by atoms with Crippen molar-refractivity contribution in [1.82, 2.24) is 95.3 Å². The molecule has 0 radical (unpaired) electrons. The molecule has 3 amide bonds. The van der Waals surface area contributed by atoms with Gasteiger partial charge in [-0.1, -0.05) is 0 Å². The largest absolute Gasteiger partial charge is 0.405 e. The molecule has 0 aromatic carbocycles. The van der Waals surface area contributed by atoms with Crippen LogP contribution in [0.5, 0.6) is 0 Å². The molecule has 12 rings (SSSR count). The summed E-state index contributed by atoms with van der Waals surface area (Å²) in [6.45, 7) is -2.56. The molecule has 526 valence electrons. The number of amides is 3. The van der Waals surface area contributed by atoms with E-state index in [1.807, 2.05) is 35.3 Å². The average Bonchev–Trinajstić information content (AvgIpc) is 1.59. The molecule has 12 aromatic heterocycles. The number of hydrogen-bond donors (Lipinski definition) is 11. The molecule has 39 heteroatoms. The molecule has 0 bridgehead atoms. The highest BCUT2D eigenvalue weighted by Gasteiger charge is 2.32. The van der Waals surface area contributed by atoms with Gasteiger partial charge in [-0.15, -0.1) is 0 Å². The number of pyridine rings is 4. The number of nitrogens with zero attached hydrogens (tertiary/aromatic N) is 13. The van der Waals surface area contributed by atoms with Crippen LogP contribution in [0.15, 0.2) is 129 Å². The third kappa shape index (κ3) is 18.6. The smallest absolute Gasteiger partial charge is 0.394 e. The van der Waals surface area contributed by atoms with Gasteiger partial charge >= 0.3 is 18.5 Å². The second-order valence-corrected chi connectivity index (χ2v) is 20.9. The van der Waals surface area contributed by atoms with Crippen LogP contribution in [0.4, 0.5) is 76.0 Å². The number of hydrogen-bond acceptors (Lipinski definition) is 20. The summed E-state index contributed by atoms with van der Waals surface area (Å²) in [5.74, 6) is -4.75. The lowest BCUT2D eigenvalue weighted by atomic mass is 10.2. The van der Waals surface area contributed by atoms with Crippen molar-refractivity contribution in [2.75, 3.05) is 47.9 Å². The van der Waals surface area contributed by atoms with Gasteiger partial charge in [0.2, 0.25) is 17.7 Å². The zero-order chi connectivity index (χ0) is 71.3. The Morgan fingerprint density at radius 3 is 1.34 bits per heavy atom. The fraction of sp³-hybridized carbons (Fsp3) is 0.217. The van der Waals surface area contributed by atoms with Crippen molar-refractivity contribution in [3.05, 3.63) is 146 Å². The van der Waals surface area contributed by atoms with Crippen molar-refractivity contribution in [2.45, 2.75) is 50.5 Å². The van der Waals surface area contributed by atoms with Crippen molar-refractivity contribution < 1.29 is 79.3 Å². The quantitative estimate of drug-likeness (QED) is 0.0378. The second-order valence-electron chi connectivity index (χ2n) is 20.9. The van der Waals surface area contributed by atoms with Crippen LogP contribution >= 0.6 is 0 Å². The SMILES string of the molecule is C[C@@H](Nc1ccnc(-c2ccnc3[nH]ccc23)n1)C(=O)NCC(F)(F)F.C[C@@H](Nc1nc(-c2ccnc3[nH]ccc23)ncc1F)C(=O)NCC(F)(F)F.Cn1ccc2c(-c3ncc(F)c(N)n3)ccnc21.O=C(NCC(F)(F)F)[C@H](CO)Nc1nc(-c2ccnc3[nH]ccc23)ncc1F.[HH].[HH].[HH].[HH].[HH]. The van der Waals surface area contributed by atoms with Crippen molar-refractivity contribution in [3.8, 4) is 45.6 Å². The maximum atomic E-state index is 14.1. The van der Waals surface area contributed by atoms with Crippen LogP contribution in [0.1, 0.15) is 21.0 Å². The van der Waals surface area contributed by atoms with E-state index in [4.69, 9.17) is 5.73 Å². The van der Waals surface area contributed by atoms with Gasteiger partial charge < -0.3 is 62.3 Å². The van der Waals surface area contributed by atoms with Crippen molar-refractivity contribution in [1.29, 1.82) is 0 Å². The minimum Gasteiger partial charge on any atom is -0.394 e. The first-order valence-electron chi connectivity index (χ1n) is 28.8. The van der Waals surface area contributed by atoms with E-state index in [0.29, 0.717) is 56.3 Å². The molecular formula is C60H63F12N23O4. The number of carbonyl (C=O) groups excluding carboxylic acids is 3. The molecular weight excluding hydrogens is 1330 g/mol. The Bertz CT molecular complexity index is 4840. The van der Waals surface area contributed by atoms with Gasteiger partial charge in [0.15, 0.2) is 58.2 Å². The van der Waals surface area contributed by atoms with Crippen LogP contribution in [0.25, 0.3) is 89.7 Å². The number of alkyl halides is 9. The van der Waals surface area contributed by atoms with E-state index >= 15 is 0 Å². The summed E-state index contributed by atoms with van der Waals surface area (Å²) in [7, 11) is 1.90. The second kappa shape index (κ2) is 30.7. The lowest BCUT2D eigenvalue weighted by Gasteiger charge is -2.18. The molecule has 0 saturated heterocycles. The normalized spacial score (nSPS) is 12.4. The molecule has 0 saturated carbocycles. The Balaban J connectivity index is 0.000000292. The van der Waals surface area contributed by atoms with Gasteiger partial charge in [0.25, 0.3) is 0 Å². The molecule has 0 aliphatic rings. The first-order chi connectivity index (χ1) is 47.0. The van der Waals surface area contributed by atoms with Crippen LogP contribution in [-0.2, 0) is 21.4 Å². The van der Waals surface area contributed by atoms with E-state index < -0.39 is 104 Å². The number of aromatic nitrogens is 16. The fourth-order valence-corrected chi connectivity index (χ4v) is 9.01. The van der Waals surface area contributed by atoms with Gasteiger partial charge in [-0.2, -0.15) is 39.5 Å². The number of nitrogens with two attached hydrogens (primary N) is 1. The highest BCUT2D eigenvalue weighted by Crippen LogP contribution is 2.30. The molecule has 12 aromatic rings. The Morgan fingerprint density at radius 1 is 0.495 bits per heavy atom. The van der Waals surface area contributed by atoms with Crippen molar-refractivity contribution >= 4 is 85.1 Å². The summed E-state index contributed by atoms with van der Waals surface area (Å²) >= 11 is 0. The van der Waals surface area contributed by atoms with Gasteiger partial charge in [-0.05, 0) is 68.4 Å². The van der Waals surface area contributed by atoms with Crippen LogP contribution in [0, 0.1) is 17.5 Å². The number of halogens is 12. The van der Waals surface area contributed by atoms with Gasteiger partial charge in [0.05, 0.1) is 25.2 Å². The van der Waals surface area contributed by atoms with Crippen LogP contribution in [-0.4, -0.2) is 165 Å². The van der Waals surface area contributed by atoms with Gasteiger partial charge in [-0.3, -0.25) is 14.4 Å². The highest BCUT2D eigenvalue weighted by atomic mass is 19.4. The summed E-state index contributed by atoms with van der Waals surface area (Å²) in [6.07, 6.45) is 4.02. The number of nitrogens with one attached hydrogen (secondary N) is 9. The Morgan fingerprint density at radius 2 is 0.889 bits per heavy atom. The first-order valence-corrected chi connectivity index (χ1v) is 28.8. The summed E-state index contributed by atoms with van der Waals surface area (Å²) in [5.41, 5.74) is 10.7. The van der Waals surface area contributed by atoms with E-state index in [1.165, 1.54) is 38.5 Å². The number of aliphatic hydroxyl groups is 1. The van der Waals surface area contributed by atoms with Crippen molar-refractivity contribution in [2.24, 2.45) is 7.05 Å². The predicted molar refractivity (Wildman–Crippen MR) is 346 cm³/mol. The summed E-state index contributed by atoms with van der Waals surface area (Å²) in [4.78, 5) is 93.2. The number of fused-ring (bicyclic) bond motifs is 4. The maximum Gasteiger partial charge on any atom is 0.405 e. The molecule has 12 heterocycles. The number of nitrogen functional groups attached to an aromatic ring is 1. The van der Waals surface area contributed by atoms with Gasteiger partial charge in [0.1, 0.15) is 66.2 Å². The summed E-state index contributed by atoms with van der Waals surface area (Å²) in [5, 5.41) is 25.1. The van der Waals surface area contributed by atoms with Gasteiger partial charge in [0, 0.05) is 114 Å². The predicted octanol–water partition coefficient (Wildman–Crippen LogP) is 9.73. The molecule has 3 atom stereocenters. The molecule has 0 aliphatic carbocycles. The summed E-state index contributed by atoms with van der Waals surface area (Å²) in [6, 6.07) is 12.0. The Kier molecular flexibility index (Phi) is 22.0. The molecule has 0 fully saturated rings. The van der Waals surface area contributed by atoms with E-state index in [1.54, 1.807) is 78.0 Å². The zero-order valence-corrected chi connectivity index (χ0v) is 51.3. The third-order valence-electron chi connectivity index (χ3n) is 13.7. The van der Waals surface area contributed by atoms with E-state index in [0.717, 1.165) is 46.1 Å². The minimum atomic E-state index is -4.62. The monoisotopic (exact) mass is 1400 g/mol. The molecule has 12 N–H and O–H groups in total. The molecule has 0 spiro atoms. The fourth-order valence-electron chi connectivity index (χ4n) is 9.01. The number of carbonyl (C=O) groups is 3. The number of aromatic amines is 3. The zero-order valence-electron chi connectivity index (χ0n) is 51.3. The lowest BCUT2D eigenvalue weighted by Crippen LogP contribution is -2.45. The topological polar surface area (TPSA) is 377 Å². The number of anilines is 4. The van der Waals surface area contributed by atoms with E-state index in [9.17, 15) is 72.2 Å². The molecule has 0 unspecified atom stereocenters. The van der Waals surface area contributed by atoms with Crippen molar-refractivity contribution in [3.63, 3.8) is 0 Å². The number of rotatable bonds is 17. The van der Waals surface area contributed by atoms with Gasteiger partial charge in [-0.25, -0.2) is 73.0 Å². The highest BCUT2D eigenvalue weighted by molar-refractivity contribution is 5.94. The maximum absolute atomic E-state index is 14.1. The molecule has 27 nitrogen and oxygen atoms in total. The van der Waals surface area contributed by atoms with Crippen LogP contribution in [0.3, 0.4) is 0 Å². The number of H-pyrrole nitrogens is 3. The third-order valence-corrected chi connectivity index (χ3v) is 13.7. The van der Waals surface area contributed by atoms with Crippen LogP contribution < -0.4 is 37.6 Å². The number of aryl methyl sites for hydroxylation is 1. The molecule has 99 heavy (non-hydrogen) atoms. The number of aliphatic hydroxyl groups excluding tert-OH is 1. The van der Waals surface area contributed by atoms with Crippen LogP contribution in [0.2, 0.25) is 0 Å². The first kappa shape index (κ1) is 71.1. The lowest BCUT2D eigenvalue weighted by molar-refractivity contribution is -0.139. The standard InChI is InChI=1S/C16H14F4N6O2.C16H14F4N6O.C16H15F3N6O.C12H10FN5.5H2/c17-10-5-23-13(9-2-4-22-12-8(9)1-3-21-12)26-14(10)25-11(6-27)15(28)24-7-16(18,19)20;1-8(15(27)24-7-16(18,19)20)25-14-11(17)6-23-13(26-14)10-3-5-22-12-9(10)2-4-21-12;1-9(15(26)23-8-16(17,18)19)24-12-4-7-22-14(25-12)11-3-6-21-13-10(11)2-5-20-13;1-18-5-3-8-7(2-4-15-12(8)18)11-16-6-9(13)10(14)17-11;;;;;/h1-5,11,27H,6-7H2,(H,21,22)(H,24,28)(H,23,25,26);2-6,8H,7H2,1H3,(H,21,22)(H,24,27)(H,23,25,26);2-7,9H,8H2,1H3,(H,20,21)(H,23,26)(H,22,24,25);2-6H,1H3,(H2,14,16,17);5*1H/t11-;8-;9-;;;;;;/m011....../s1.